The van der Waals surface area contributed by atoms with Gasteiger partial charge in [0.15, 0.2) is 0 Å². The summed E-state index contributed by atoms with van der Waals surface area (Å²) < 4.78 is 1.97. The van der Waals surface area contributed by atoms with Crippen molar-refractivity contribution in [3.63, 3.8) is 0 Å². The van der Waals surface area contributed by atoms with Crippen molar-refractivity contribution in [3.8, 4) is 10.6 Å². The third kappa shape index (κ3) is 4.22. The number of hydrogen-bond donors (Lipinski definition) is 2. The van der Waals surface area contributed by atoms with Crippen LogP contribution in [0.3, 0.4) is 0 Å². The Kier molecular flexibility index (Phi) is 5.62. The highest BCUT2D eigenvalue weighted by atomic mass is 32.1. The number of amides is 1. The van der Waals surface area contributed by atoms with E-state index in [9.17, 15) is 4.79 Å². The number of rotatable bonds is 6. The zero-order valence-electron chi connectivity index (χ0n) is 18.4. The number of pyridine rings is 1. The standard InChI is InChI=1S/C25H24N6OS/c1-15(29-23(32)19(26)11-16-7-4-3-5-8-16)17-9-6-10-18(12-17)24-30-21-22-20(28-14-31(22)2)13-27-25(21)33-24/h3-10,12-15,19H,11,26H2,1-2H3,(H,29,32)/t15-,19+/m0/s1. The number of imidazole rings is 1. The van der Waals surface area contributed by atoms with Crippen molar-refractivity contribution >= 4 is 38.6 Å². The fourth-order valence-corrected chi connectivity index (χ4v) is 4.84. The number of thiazole rings is 1. The summed E-state index contributed by atoms with van der Waals surface area (Å²) in [6.07, 6.45) is 4.06. The highest BCUT2D eigenvalue weighted by Gasteiger charge is 2.18. The van der Waals surface area contributed by atoms with E-state index in [1.54, 1.807) is 23.9 Å². The Morgan fingerprint density at radius 3 is 2.79 bits per heavy atom. The molecule has 33 heavy (non-hydrogen) atoms. The van der Waals surface area contributed by atoms with Crippen LogP contribution in [0.4, 0.5) is 0 Å². The zero-order valence-corrected chi connectivity index (χ0v) is 19.2. The molecule has 0 saturated carbocycles. The summed E-state index contributed by atoms with van der Waals surface area (Å²) >= 11 is 1.55. The lowest BCUT2D eigenvalue weighted by atomic mass is 10.0. The summed E-state index contributed by atoms with van der Waals surface area (Å²) in [4.78, 5) is 27.3. The molecule has 0 unspecified atom stereocenters. The molecular formula is C25H24N6OS. The van der Waals surface area contributed by atoms with Crippen LogP contribution in [0.1, 0.15) is 24.1 Å². The molecule has 3 N–H and O–H groups in total. The Labute approximate surface area is 195 Å². The smallest absolute Gasteiger partial charge is 0.237 e. The monoisotopic (exact) mass is 456 g/mol. The van der Waals surface area contributed by atoms with E-state index >= 15 is 0 Å². The van der Waals surface area contributed by atoms with Crippen molar-refractivity contribution < 1.29 is 4.79 Å². The van der Waals surface area contributed by atoms with Crippen molar-refractivity contribution in [1.82, 2.24) is 24.8 Å². The van der Waals surface area contributed by atoms with Crippen LogP contribution in [0.2, 0.25) is 0 Å². The molecule has 0 radical (unpaired) electrons. The first-order valence-electron chi connectivity index (χ1n) is 10.8. The highest BCUT2D eigenvalue weighted by Crippen LogP contribution is 2.33. The predicted molar refractivity (Wildman–Crippen MR) is 132 cm³/mol. The SMILES string of the molecule is C[C@H](NC(=O)[C@H](N)Cc1ccccc1)c1cccc(-c2nc3c(ncc4ncn(C)c43)s2)c1. The molecular weight excluding hydrogens is 432 g/mol. The number of hydrogen-bond acceptors (Lipinski definition) is 6. The number of nitrogens with two attached hydrogens (primary N) is 1. The third-order valence-corrected chi connectivity index (χ3v) is 6.74. The van der Waals surface area contributed by atoms with E-state index < -0.39 is 6.04 Å². The average Bonchev–Trinajstić information content (AvgIpc) is 3.43. The van der Waals surface area contributed by atoms with Gasteiger partial charge in [-0.25, -0.2) is 15.0 Å². The molecule has 2 atom stereocenters. The Bertz CT molecular complexity index is 1440. The molecule has 166 valence electrons. The first-order valence-corrected chi connectivity index (χ1v) is 11.6. The van der Waals surface area contributed by atoms with Crippen molar-refractivity contribution in [2.75, 3.05) is 0 Å². The number of nitrogens with one attached hydrogen (secondary N) is 1. The minimum Gasteiger partial charge on any atom is -0.348 e. The minimum atomic E-state index is -0.602. The topological polar surface area (TPSA) is 98.7 Å². The van der Waals surface area contributed by atoms with Crippen LogP contribution in [-0.4, -0.2) is 31.5 Å². The van der Waals surface area contributed by atoms with Gasteiger partial charge in [0.05, 0.1) is 30.1 Å². The number of benzene rings is 2. The van der Waals surface area contributed by atoms with Crippen molar-refractivity contribution in [1.29, 1.82) is 0 Å². The van der Waals surface area contributed by atoms with Crippen LogP contribution in [0.15, 0.2) is 67.1 Å². The molecule has 0 spiro atoms. The van der Waals surface area contributed by atoms with E-state index in [0.29, 0.717) is 6.42 Å². The molecule has 0 fully saturated rings. The van der Waals surface area contributed by atoms with Crippen molar-refractivity contribution in [2.45, 2.75) is 25.4 Å². The highest BCUT2D eigenvalue weighted by molar-refractivity contribution is 7.21. The molecule has 2 aromatic carbocycles. The number of nitrogens with zero attached hydrogens (tertiary/aromatic N) is 4. The van der Waals surface area contributed by atoms with Gasteiger partial charge in [-0.3, -0.25) is 4.79 Å². The number of fused-ring (bicyclic) bond motifs is 3. The quantitative estimate of drug-likeness (QED) is 0.403. The summed E-state index contributed by atoms with van der Waals surface area (Å²) in [6.45, 7) is 1.96. The second-order valence-corrected chi connectivity index (χ2v) is 9.15. The fraction of sp³-hybridized carbons (Fsp3) is 0.200. The molecule has 7 nitrogen and oxygen atoms in total. The van der Waals surface area contributed by atoms with Crippen LogP contribution in [0, 0.1) is 0 Å². The number of aryl methyl sites for hydroxylation is 1. The Hall–Kier alpha value is -3.62. The number of carbonyl (C=O) groups is 1. The van der Waals surface area contributed by atoms with Gasteiger partial charge in [-0.1, -0.05) is 59.9 Å². The third-order valence-electron chi connectivity index (χ3n) is 5.73. The van der Waals surface area contributed by atoms with E-state index in [2.05, 4.69) is 21.4 Å². The maximum absolute atomic E-state index is 12.7. The van der Waals surface area contributed by atoms with Crippen molar-refractivity contribution in [3.05, 3.63) is 78.2 Å². The zero-order chi connectivity index (χ0) is 22.9. The van der Waals surface area contributed by atoms with E-state index in [4.69, 9.17) is 10.7 Å². The van der Waals surface area contributed by atoms with E-state index in [0.717, 1.165) is 43.1 Å². The average molecular weight is 457 g/mol. The molecule has 0 bridgehead atoms. The first-order chi connectivity index (χ1) is 16.0. The van der Waals surface area contributed by atoms with Crippen LogP contribution >= 0.6 is 11.3 Å². The van der Waals surface area contributed by atoms with Gasteiger partial charge in [0, 0.05) is 12.6 Å². The predicted octanol–water partition coefficient (Wildman–Crippen LogP) is 3.99. The van der Waals surface area contributed by atoms with Gasteiger partial charge < -0.3 is 15.6 Å². The Morgan fingerprint density at radius 2 is 1.97 bits per heavy atom. The summed E-state index contributed by atoms with van der Waals surface area (Å²) in [5.41, 5.74) is 11.8. The van der Waals surface area contributed by atoms with Crippen LogP contribution in [-0.2, 0) is 18.3 Å². The van der Waals surface area contributed by atoms with Crippen LogP contribution in [0.5, 0.6) is 0 Å². The van der Waals surface area contributed by atoms with Crippen LogP contribution < -0.4 is 11.1 Å². The van der Waals surface area contributed by atoms with E-state index in [-0.39, 0.29) is 11.9 Å². The molecule has 0 aliphatic carbocycles. The summed E-state index contributed by atoms with van der Waals surface area (Å²) in [5.74, 6) is -0.167. The molecule has 5 aromatic rings. The van der Waals surface area contributed by atoms with E-state index in [1.165, 1.54) is 0 Å². The van der Waals surface area contributed by atoms with E-state index in [1.807, 2.05) is 67.1 Å². The molecule has 1 amide bonds. The van der Waals surface area contributed by atoms with Gasteiger partial charge >= 0.3 is 0 Å². The molecule has 8 heteroatoms. The van der Waals surface area contributed by atoms with Gasteiger partial charge in [0.25, 0.3) is 0 Å². The molecule has 5 rings (SSSR count). The van der Waals surface area contributed by atoms with Gasteiger partial charge in [-0.05, 0) is 30.5 Å². The van der Waals surface area contributed by atoms with Crippen LogP contribution in [0.25, 0.3) is 32.0 Å². The summed E-state index contributed by atoms with van der Waals surface area (Å²) in [5, 5.41) is 3.93. The molecule has 3 aromatic heterocycles. The van der Waals surface area contributed by atoms with Gasteiger partial charge in [-0.15, -0.1) is 0 Å². The largest absolute Gasteiger partial charge is 0.348 e. The molecule has 0 saturated heterocycles. The second kappa shape index (κ2) is 8.73. The molecule has 0 aliphatic rings. The normalized spacial score (nSPS) is 13.3. The second-order valence-electron chi connectivity index (χ2n) is 8.17. The van der Waals surface area contributed by atoms with Gasteiger partial charge in [0.1, 0.15) is 20.9 Å². The van der Waals surface area contributed by atoms with Gasteiger partial charge in [0.2, 0.25) is 5.91 Å². The fourth-order valence-electron chi connectivity index (χ4n) is 3.93. The lowest BCUT2D eigenvalue weighted by Crippen LogP contribution is -2.42. The molecule has 0 aliphatic heterocycles. The summed E-state index contributed by atoms with van der Waals surface area (Å²) in [7, 11) is 1.96. The lowest BCUT2D eigenvalue weighted by molar-refractivity contribution is -0.123. The van der Waals surface area contributed by atoms with Gasteiger partial charge in [-0.2, -0.15) is 0 Å². The number of aromatic nitrogens is 4. The Balaban J connectivity index is 1.36. The maximum atomic E-state index is 12.7. The minimum absolute atomic E-state index is 0.167. The Morgan fingerprint density at radius 1 is 1.15 bits per heavy atom. The number of carbonyl (C=O) groups excluding carboxylic acids is 1. The maximum Gasteiger partial charge on any atom is 0.237 e. The lowest BCUT2D eigenvalue weighted by Gasteiger charge is -2.18. The molecule has 3 heterocycles. The van der Waals surface area contributed by atoms with Crippen molar-refractivity contribution in [2.24, 2.45) is 12.8 Å². The summed E-state index contributed by atoms with van der Waals surface area (Å²) in [6, 6.07) is 17.1. The first kappa shape index (κ1) is 21.2.